The monoisotopic (exact) mass is 297 g/mol. The van der Waals surface area contributed by atoms with Crippen LogP contribution in [-0.4, -0.2) is 84.6 Å². The molecule has 5 N–H and O–H groups in total. The Morgan fingerprint density at radius 2 is 1.70 bits per heavy atom. The number of rotatable bonds is 8. The summed E-state index contributed by atoms with van der Waals surface area (Å²) >= 11 is 0. The highest BCUT2D eigenvalue weighted by Crippen LogP contribution is 2.03. The SMILES string of the molecule is CC(=O)N[C@@H](C=O)[C@@H](O)[C@H](O)[C@H](O)CO.COCOC. The third kappa shape index (κ3) is 9.78. The summed E-state index contributed by atoms with van der Waals surface area (Å²) in [5, 5.41) is 38.2. The summed E-state index contributed by atoms with van der Waals surface area (Å²) in [6.45, 7) is 0.766. The maximum atomic E-state index is 10.6. The van der Waals surface area contributed by atoms with E-state index in [1.54, 1.807) is 14.2 Å². The van der Waals surface area contributed by atoms with Crippen molar-refractivity contribution >= 4 is 12.2 Å². The molecule has 0 aromatic heterocycles. The number of hydrogen-bond donors (Lipinski definition) is 5. The van der Waals surface area contributed by atoms with Gasteiger partial charge in [-0.15, -0.1) is 0 Å². The Morgan fingerprint density at radius 1 is 1.20 bits per heavy atom. The first-order valence-corrected chi connectivity index (χ1v) is 5.70. The molecule has 9 heteroatoms. The van der Waals surface area contributed by atoms with Gasteiger partial charge in [-0.1, -0.05) is 0 Å². The van der Waals surface area contributed by atoms with Crippen molar-refractivity contribution in [2.24, 2.45) is 0 Å². The quantitative estimate of drug-likeness (QED) is 0.235. The molecule has 0 aromatic carbocycles. The molecule has 0 fully saturated rings. The lowest BCUT2D eigenvalue weighted by Crippen LogP contribution is -2.53. The van der Waals surface area contributed by atoms with Gasteiger partial charge < -0.3 is 40.0 Å². The van der Waals surface area contributed by atoms with E-state index in [1.165, 1.54) is 0 Å². The van der Waals surface area contributed by atoms with Gasteiger partial charge >= 0.3 is 0 Å². The fraction of sp³-hybridized carbons (Fsp3) is 0.818. The fourth-order valence-electron chi connectivity index (χ4n) is 1.10. The molecule has 0 bridgehead atoms. The van der Waals surface area contributed by atoms with Crippen molar-refractivity contribution in [2.75, 3.05) is 27.6 Å². The average Bonchev–Trinajstić information content (AvgIpc) is 2.43. The van der Waals surface area contributed by atoms with Crippen LogP contribution < -0.4 is 5.32 Å². The number of hydrogen-bond acceptors (Lipinski definition) is 8. The maximum Gasteiger partial charge on any atom is 0.217 e. The number of aldehydes is 1. The molecule has 20 heavy (non-hydrogen) atoms. The first-order chi connectivity index (χ1) is 9.35. The van der Waals surface area contributed by atoms with E-state index in [9.17, 15) is 19.8 Å². The summed E-state index contributed by atoms with van der Waals surface area (Å²) in [4.78, 5) is 21.1. The highest BCUT2D eigenvalue weighted by molar-refractivity contribution is 5.77. The van der Waals surface area contributed by atoms with Crippen LogP contribution >= 0.6 is 0 Å². The Labute approximate surface area is 117 Å². The van der Waals surface area contributed by atoms with Crippen molar-refractivity contribution in [1.82, 2.24) is 5.32 Å². The van der Waals surface area contributed by atoms with Gasteiger partial charge in [-0.2, -0.15) is 0 Å². The minimum atomic E-state index is -1.71. The third-order valence-corrected chi connectivity index (χ3v) is 2.05. The first-order valence-electron chi connectivity index (χ1n) is 5.70. The highest BCUT2D eigenvalue weighted by atomic mass is 16.6. The van der Waals surface area contributed by atoms with Crippen LogP contribution in [0.1, 0.15) is 6.92 Å². The van der Waals surface area contributed by atoms with Gasteiger partial charge in [0.05, 0.1) is 6.61 Å². The Kier molecular flexibility index (Phi) is 13.7. The number of aliphatic hydroxyl groups is 4. The van der Waals surface area contributed by atoms with Crippen molar-refractivity contribution in [3.05, 3.63) is 0 Å². The molecular formula is C11H23NO8. The van der Waals surface area contributed by atoms with Gasteiger partial charge in [0.25, 0.3) is 0 Å². The zero-order chi connectivity index (χ0) is 16.1. The normalized spacial score (nSPS) is 16.1. The molecule has 0 saturated heterocycles. The lowest BCUT2D eigenvalue weighted by Gasteiger charge is -2.25. The molecule has 0 unspecified atom stereocenters. The molecule has 9 nitrogen and oxygen atoms in total. The zero-order valence-corrected chi connectivity index (χ0v) is 11.7. The minimum Gasteiger partial charge on any atom is -0.394 e. The van der Waals surface area contributed by atoms with Crippen molar-refractivity contribution in [1.29, 1.82) is 0 Å². The van der Waals surface area contributed by atoms with Crippen molar-refractivity contribution in [3.63, 3.8) is 0 Å². The van der Waals surface area contributed by atoms with Crippen LogP contribution in [0, 0.1) is 0 Å². The molecule has 0 aliphatic heterocycles. The Morgan fingerprint density at radius 3 is 1.95 bits per heavy atom. The largest absolute Gasteiger partial charge is 0.394 e. The number of nitrogens with one attached hydrogen (secondary N) is 1. The van der Waals surface area contributed by atoms with Crippen LogP contribution in [-0.2, 0) is 19.1 Å². The molecule has 4 atom stereocenters. The van der Waals surface area contributed by atoms with Crippen LogP contribution in [0.3, 0.4) is 0 Å². The molecule has 0 aromatic rings. The lowest BCUT2D eigenvalue weighted by atomic mass is 10.0. The Bertz CT molecular complexity index is 261. The summed E-state index contributed by atoms with van der Waals surface area (Å²) < 4.78 is 8.94. The molecule has 0 heterocycles. The van der Waals surface area contributed by atoms with Gasteiger partial charge in [-0.05, 0) is 0 Å². The van der Waals surface area contributed by atoms with Crippen LogP contribution in [0.5, 0.6) is 0 Å². The summed E-state index contributed by atoms with van der Waals surface area (Å²) in [5.41, 5.74) is 0. The Balaban J connectivity index is 0. The predicted molar refractivity (Wildman–Crippen MR) is 67.7 cm³/mol. The maximum absolute atomic E-state index is 10.6. The van der Waals surface area contributed by atoms with Crippen LogP contribution in [0.4, 0.5) is 0 Å². The fourth-order valence-corrected chi connectivity index (χ4v) is 1.10. The van der Waals surface area contributed by atoms with E-state index >= 15 is 0 Å². The molecule has 0 aliphatic rings. The van der Waals surface area contributed by atoms with E-state index in [1.807, 2.05) is 0 Å². The van der Waals surface area contributed by atoms with Crippen molar-refractivity contribution in [3.8, 4) is 0 Å². The minimum absolute atomic E-state index is 0.235. The number of methoxy groups -OCH3 is 2. The smallest absolute Gasteiger partial charge is 0.217 e. The predicted octanol–water partition coefficient (Wildman–Crippen LogP) is -3.00. The van der Waals surface area contributed by atoms with E-state index < -0.39 is 36.9 Å². The third-order valence-electron chi connectivity index (χ3n) is 2.05. The second-order valence-corrected chi connectivity index (χ2v) is 3.79. The van der Waals surface area contributed by atoms with E-state index in [4.69, 9.17) is 10.2 Å². The zero-order valence-electron chi connectivity index (χ0n) is 11.7. The molecule has 0 spiro atoms. The summed E-state index contributed by atoms with van der Waals surface area (Å²) in [6, 6.07) is -1.32. The van der Waals surface area contributed by atoms with Crippen molar-refractivity contribution < 1.29 is 39.5 Å². The second-order valence-electron chi connectivity index (χ2n) is 3.79. The molecule has 0 saturated carbocycles. The molecule has 0 rings (SSSR count). The lowest BCUT2D eigenvalue weighted by molar-refractivity contribution is -0.129. The van der Waals surface area contributed by atoms with Crippen LogP contribution in [0.15, 0.2) is 0 Å². The van der Waals surface area contributed by atoms with Gasteiger partial charge in [-0.25, -0.2) is 0 Å². The Hall–Kier alpha value is -1.10. The summed E-state index contributed by atoms with van der Waals surface area (Å²) in [7, 11) is 3.17. The number of carbonyl (C=O) groups excluding carboxylic acids is 2. The molecule has 120 valence electrons. The van der Waals surface area contributed by atoms with Gasteiger partial charge in [-0.3, -0.25) is 4.79 Å². The number of ether oxygens (including phenoxy) is 2. The number of aliphatic hydroxyl groups excluding tert-OH is 4. The number of carbonyl (C=O) groups is 2. The second kappa shape index (κ2) is 12.9. The number of amides is 1. The standard InChI is InChI=1S/C8H15NO6.C3H8O2/c1-4(12)9-5(2-10)7(14)8(15)6(13)3-11;1-4-3-5-2/h2,5-8,11,13-15H,3H2,1H3,(H,9,12);3H2,1-2H3/t5-,6+,7+,8+;/m0./s1. The van der Waals surface area contributed by atoms with Crippen LogP contribution in [0.2, 0.25) is 0 Å². The topological polar surface area (TPSA) is 146 Å². The van der Waals surface area contributed by atoms with Gasteiger partial charge in [0, 0.05) is 21.1 Å². The van der Waals surface area contributed by atoms with E-state index in [0.29, 0.717) is 6.79 Å². The molecule has 1 amide bonds. The summed E-state index contributed by atoms with van der Waals surface area (Å²) in [6.07, 6.45) is -4.72. The first kappa shape index (κ1) is 21.2. The molecule has 0 aliphatic carbocycles. The van der Waals surface area contributed by atoms with E-state index in [0.717, 1.165) is 6.92 Å². The average molecular weight is 297 g/mol. The summed E-state index contributed by atoms with van der Waals surface area (Å²) in [5.74, 6) is -0.558. The highest BCUT2D eigenvalue weighted by Gasteiger charge is 2.31. The van der Waals surface area contributed by atoms with Crippen molar-refractivity contribution in [2.45, 2.75) is 31.3 Å². The van der Waals surface area contributed by atoms with E-state index in [2.05, 4.69) is 14.8 Å². The van der Waals surface area contributed by atoms with Gasteiger partial charge in [0.15, 0.2) is 0 Å². The van der Waals surface area contributed by atoms with Gasteiger partial charge in [0.2, 0.25) is 5.91 Å². The van der Waals surface area contributed by atoms with E-state index in [-0.39, 0.29) is 6.29 Å². The molecular weight excluding hydrogens is 274 g/mol. The molecule has 0 radical (unpaired) electrons. The van der Waals surface area contributed by atoms with Crippen LogP contribution in [0.25, 0.3) is 0 Å². The van der Waals surface area contributed by atoms with Gasteiger partial charge in [0.1, 0.15) is 37.4 Å².